The van der Waals surface area contributed by atoms with Crippen LogP contribution in [0.5, 0.6) is 5.75 Å². The first-order chi connectivity index (χ1) is 30.9. The molecule has 4 saturated heterocycles. The van der Waals surface area contributed by atoms with Gasteiger partial charge in [0.15, 0.2) is 23.3 Å². The molecule has 8 rings (SSSR count). The van der Waals surface area contributed by atoms with Crippen molar-refractivity contribution in [1.29, 1.82) is 0 Å². The third-order valence-electron chi connectivity index (χ3n) is 12.6. The highest BCUT2D eigenvalue weighted by atomic mass is 32.1. The summed E-state index contributed by atoms with van der Waals surface area (Å²) in [5.41, 5.74) is 0.770. The summed E-state index contributed by atoms with van der Waals surface area (Å²) in [7, 11) is 0. The quantitative estimate of drug-likeness (QED) is 0.125. The predicted molar refractivity (Wildman–Crippen MR) is 229 cm³/mol. The highest BCUT2D eigenvalue weighted by molar-refractivity contribution is 7.14. The number of morpholine rings is 1. The molecule has 4 fully saturated rings. The fraction of sp³-hybridized carbons (Fsp3) is 0.533. The van der Waals surface area contributed by atoms with Crippen molar-refractivity contribution >= 4 is 57.6 Å². The minimum absolute atomic E-state index is 0.00531. The van der Waals surface area contributed by atoms with E-state index in [1.807, 2.05) is 0 Å². The van der Waals surface area contributed by atoms with Crippen molar-refractivity contribution in [3.8, 4) is 17.0 Å². The third-order valence-corrected chi connectivity index (χ3v) is 13.5. The van der Waals surface area contributed by atoms with Crippen LogP contribution in [0.15, 0.2) is 29.6 Å². The van der Waals surface area contributed by atoms with Crippen LogP contribution in [0.2, 0.25) is 0 Å². The SMILES string of the molecule is O=C(COc1c(-c2csc(N3CC4CCC(C3)O4)n2)ccc(F)c1F)NCCCCCCCCCCC(=O)N1CCN(c2cc3c(cc2F)C(=O)N(C2CCC(=O)NC2=O)C3=O)CC1. The number of amides is 6. The van der Waals surface area contributed by atoms with Crippen molar-refractivity contribution in [1.82, 2.24) is 25.4 Å². The zero-order valence-electron chi connectivity index (χ0n) is 35.5. The summed E-state index contributed by atoms with van der Waals surface area (Å²) in [4.78, 5) is 86.9. The molecule has 0 saturated carbocycles. The minimum Gasteiger partial charge on any atom is -0.480 e. The van der Waals surface area contributed by atoms with E-state index in [0.29, 0.717) is 44.8 Å². The van der Waals surface area contributed by atoms with Gasteiger partial charge in [-0.25, -0.2) is 13.8 Å². The predicted octanol–water partition coefficient (Wildman–Crippen LogP) is 5.35. The molecule has 6 amide bonds. The lowest BCUT2D eigenvalue weighted by Gasteiger charge is -2.36. The first kappa shape index (κ1) is 45.0. The second-order valence-electron chi connectivity index (χ2n) is 17.0. The van der Waals surface area contributed by atoms with Gasteiger partial charge >= 0.3 is 0 Å². The number of carbonyl (C=O) groups is 6. The van der Waals surface area contributed by atoms with E-state index < -0.39 is 59.6 Å². The summed E-state index contributed by atoms with van der Waals surface area (Å²) >= 11 is 1.42. The van der Waals surface area contributed by atoms with Crippen molar-refractivity contribution in [2.45, 2.75) is 102 Å². The topological polar surface area (TPSA) is 171 Å². The van der Waals surface area contributed by atoms with Gasteiger partial charge in [0.1, 0.15) is 11.9 Å². The summed E-state index contributed by atoms with van der Waals surface area (Å²) in [5.74, 6) is -6.33. The van der Waals surface area contributed by atoms with E-state index in [1.54, 1.807) is 15.2 Å². The van der Waals surface area contributed by atoms with Gasteiger partial charge in [-0.05, 0) is 56.4 Å². The summed E-state index contributed by atoms with van der Waals surface area (Å²) < 4.78 is 56.0. The zero-order valence-corrected chi connectivity index (χ0v) is 36.3. The molecular weight excluding hydrogens is 856 g/mol. The number of hydrogen-bond acceptors (Lipinski definition) is 12. The summed E-state index contributed by atoms with van der Waals surface area (Å²) in [6.07, 6.45) is 10.2. The van der Waals surface area contributed by atoms with Crippen LogP contribution in [-0.4, -0.2) is 121 Å². The van der Waals surface area contributed by atoms with E-state index in [2.05, 4.69) is 15.5 Å². The Bertz CT molecular complexity index is 2280. The number of nitrogens with zero attached hydrogens (tertiary/aromatic N) is 5. The van der Waals surface area contributed by atoms with Gasteiger partial charge in [-0.15, -0.1) is 11.3 Å². The lowest BCUT2D eigenvalue weighted by atomic mass is 10.0. The van der Waals surface area contributed by atoms with Gasteiger partial charge in [-0.2, -0.15) is 4.39 Å². The first-order valence-electron chi connectivity index (χ1n) is 22.3. The Morgan fingerprint density at radius 2 is 1.48 bits per heavy atom. The second kappa shape index (κ2) is 20.1. The molecule has 2 N–H and O–H groups in total. The molecular formula is C45H52F3N7O8S. The average molecular weight is 908 g/mol. The smallest absolute Gasteiger partial charge is 0.262 e. The number of hydrogen-bond donors (Lipinski definition) is 2. The largest absolute Gasteiger partial charge is 0.480 e. The lowest BCUT2D eigenvalue weighted by molar-refractivity contribution is -0.136. The number of nitrogens with one attached hydrogen (secondary N) is 2. The number of piperidine rings is 1. The van der Waals surface area contributed by atoms with Crippen LogP contribution in [0.4, 0.5) is 24.0 Å². The van der Waals surface area contributed by atoms with Gasteiger partial charge in [0.25, 0.3) is 17.7 Å². The van der Waals surface area contributed by atoms with Gasteiger partial charge in [0, 0.05) is 69.6 Å². The van der Waals surface area contributed by atoms with Gasteiger partial charge in [0.05, 0.1) is 34.7 Å². The van der Waals surface area contributed by atoms with Crippen LogP contribution < -0.4 is 25.2 Å². The Morgan fingerprint density at radius 1 is 0.812 bits per heavy atom. The molecule has 64 heavy (non-hydrogen) atoms. The van der Waals surface area contributed by atoms with Crippen molar-refractivity contribution in [3.63, 3.8) is 0 Å². The number of carbonyl (C=O) groups excluding carboxylic acids is 6. The Morgan fingerprint density at radius 3 is 2.19 bits per heavy atom. The van der Waals surface area contributed by atoms with E-state index in [0.717, 1.165) is 99.5 Å². The molecule has 2 aromatic carbocycles. The third kappa shape index (κ3) is 10.0. The molecule has 3 aromatic rings. The number of fused-ring (bicyclic) bond motifs is 3. The number of anilines is 2. The number of ether oxygens (including phenoxy) is 2. The molecule has 15 nitrogen and oxygen atoms in total. The maximum Gasteiger partial charge on any atom is 0.262 e. The van der Waals surface area contributed by atoms with Gasteiger partial charge < -0.3 is 29.5 Å². The van der Waals surface area contributed by atoms with Crippen molar-refractivity contribution in [3.05, 3.63) is 58.2 Å². The minimum atomic E-state index is -1.16. The number of piperazine rings is 1. The summed E-state index contributed by atoms with van der Waals surface area (Å²) in [6, 6.07) is 3.68. The van der Waals surface area contributed by atoms with Crippen molar-refractivity contribution in [2.75, 3.05) is 62.2 Å². The van der Waals surface area contributed by atoms with Crippen LogP contribution in [-0.2, 0) is 23.9 Å². The maximum atomic E-state index is 15.3. The van der Waals surface area contributed by atoms with E-state index in [9.17, 15) is 37.5 Å². The Labute approximate surface area is 372 Å². The summed E-state index contributed by atoms with van der Waals surface area (Å²) in [5, 5.41) is 7.50. The van der Waals surface area contributed by atoms with Crippen LogP contribution in [0.3, 0.4) is 0 Å². The van der Waals surface area contributed by atoms with Gasteiger partial charge in [0.2, 0.25) is 23.5 Å². The molecule has 2 bridgehead atoms. The monoisotopic (exact) mass is 907 g/mol. The molecule has 0 spiro atoms. The van der Waals surface area contributed by atoms with Gasteiger partial charge in [-0.3, -0.25) is 39.0 Å². The standard InChI is InChI=1S/C45H52F3N7O8S/c46-32-13-12-29(34-26-64-45(50-34)54-23-27-10-11-28(24-54)63-27)41(40(32)48)62-25-38(57)49-16-8-6-4-2-1-3-5-7-9-39(58)53-19-17-52(18-20-53)36-22-31-30(21-33(36)47)43(60)55(44(31)61)35-14-15-37(56)51-42(35)59/h12-13,21-22,26-28,35H,1-11,14-20,23-25H2,(H,49,57)(H,51,56,59). The molecule has 0 aliphatic carbocycles. The number of thiazole rings is 1. The van der Waals surface area contributed by atoms with Crippen molar-refractivity contribution < 1.29 is 51.4 Å². The lowest BCUT2D eigenvalue weighted by Crippen LogP contribution is -2.54. The van der Waals surface area contributed by atoms with E-state index in [4.69, 9.17) is 14.5 Å². The van der Waals surface area contributed by atoms with Crippen LogP contribution >= 0.6 is 11.3 Å². The Hall–Kier alpha value is -5.56. The Balaban J connectivity index is 0.675. The van der Waals surface area contributed by atoms with E-state index >= 15 is 4.39 Å². The van der Waals surface area contributed by atoms with Gasteiger partial charge in [-0.1, -0.05) is 38.5 Å². The van der Waals surface area contributed by atoms with Crippen LogP contribution in [0.25, 0.3) is 11.3 Å². The number of halogens is 3. The normalized spacial score (nSPS) is 20.8. The maximum absolute atomic E-state index is 15.3. The number of imide groups is 2. The number of aromatic nitrogens is 1. The molecule has 342 valence electrons. The zero-order chi connectivity index (χ0) is 44.9. The molecule has 0 radical (unpaired) electrons. The fourth-order valence-corrected chi connectivity index (χ4v) is 9.98. The first-order valence-corrected chi connectivity index (χ1v) is 23.1. The Kier molecular flexibility index (Phi) is 14.1. The number of benzene rings is 2. The fourth-order valence-electron chi connectivity index (χ4n) is 9.13. The van der Waals surface area contributed by atoms with E-state index in [-0.39, 0.29) is 59.1 Å². The summed E-state index contributed by atoms with van der Waals surface area (Å²) in [6.45, 7) is 2.91. The molecule has 19 heteroatoms. The number of unbranched alkanes of at least 4 members (excludes halogenated alkanes) is 7. The highest BCUT2D eigenvalue weighted by Gasteiger charge is 2.45. The number of rotatable bonds is 18. The van der Waals surface area contributed by atoms with E-state index in [1.165, 1.54) is 23.5 Å². The molecule has 3 atom stereocenters. The van der Waals surface area contributed by atoms with Crippen LogP contribution in [0, 0.1) is 17.5 Å². The van der Waals surface area contributed by atoms with Crippen LogP contribution in [0.1, 0.15) is 104 Å². The molecule has 3 unspecified atom stereocenters. The highest BCUT2D eigenvalue weighted by Crippen LogP contribution is 2.38. The molecule has 1 aromatic heterocycles. The molecule has 6 heterocycles. The second-order valence-corrected chi connectivity index (χ2v) is 17.8. The average Bonchev–Trinajstić information content (AvgIpc) is 3.98. The molecule has 5 aliphatic heterocycles. The molecule has 5 aliphatic rings. The van der Waals surface area contributed by atoms with Crippen molar-refractivity contribution in [2.24, 2.45) is 0 Å².